The fraction of sp³-hybridized carbons (Fsp3) is 0.333. The van der Waals surface area contributed by atoms with Crippen molar-refractivity contribution in [2.75, 3.05) is 0 Å². The van der Waals surface area contributed by atoms with Crippen molar-refractivity contribution < 1.29 is 30.7 Å². The molecule has 0 N–H and O–H groups in total. The molecule has 0 saturated heterocycles. The Morgan fingerprint density at radius 3 is 1.96 bits per heavy atom. The van der Waals surface area contributed by atoms with Crippen LogP contribution in [0.25, 0.3) is 11.1 Å². The molecule has 8 heteroatoms. The molecule has 0 aliphatic carbocycles. The molecule has 0 amide bonds. The van der Waals surface area contributed by atoms with Gasteiger partial charge in [-0.2, -0.15) is 26.3 Å². The van der Waals surface area contributed by atoms with Gasteiger partial charge in [-0.05, 0) is 46.0 Å². The summed E-state index contributed by atoms with van der Waals surface area (Å²) < 4.78 is 94.6. The molecule has 2 aromatic carbocycles. The van der Waals surface area contributed by atoms with E-state index in [-0.39, 0.29) is 22.0 Å². The monoisotopic (exact) mass is 441 g/mol. The van der Waals surface area contributed by atoms with Gasteiger partial charge in [-0.3, -0.25) is 0 Å². The molecule has 0 saturated carbocycles. The quantitative estimate of drug-likeness (QED) is 0.446. The topological polar surface area (TPSA) is 0 Å². The molecule has 0 bridgehead atoms. The van der Waals surface area contributed by atoms with Crippen LogP contribution >= 0.6 is 15.9 Å². The van der Waals surface area contributed by atoms with E-state index in [4.69, 9.17) is 0 Å². The van der Waals surface area contributed by atoms with E-state index in [1.54, 1.807) is 6.07 Å². The van der Waals surface area contributed by atoms with E-state index < -0.39 is 29.1 Å². The highest BCUT2D eigenvalue weighted by Crippen LogP contribution is 2.56. The van der Waals surface area contributed by atoms with Gasteiger partial charge in [0.2, 0.25) is 0 Å². The van der Waals surface area contributed by atoms with Gasteiger partial charge in [0.05, 0.1) is 0 Å². The molecule has 0 fully saturated rings. The van der Waals surface area contributed by atoms with Gasteiger partial charge in [-0.15, -0.1) is 0 Å². The maximum absolute atomic E-state index is 14.8. The molecule has 0 spiro atoms. The number of aryl methyl sites for hydroxylation is 2. The molecular formula is C18H13BrF7. The van der Waals surface area contributed by atoms with Gasteiger partial charge in [0.1, 0.15) is 0 Å². The lowest BCUT2D eigenvalue weighted by Gasteiger charge is -2.33. The van der Waals surface area contributed by atoms with Crippen molar-refractivity contribution in [3.05, 3.63) is 57.6 Å². The Bertz CT molecular complexity index is 792. The Labute approximate surface area is 154 Å². The van der Waals surface area contributed by atoms with Crippen LogP contribution in [0.2, 0.25) is 0 Å². The highest BCUT2D eigenvalue weighted by molar-refractivity contribution is 9.10. The number of halogens is 8. The summed E-state index contributed by atoms with van der Waals surface area (Å²) >= 11 is 2.98. The lowest BCUT2D eigenvalue weighted by atomic mass is 9.84. The summed E-state index contributed by atoms with van der Waals surface area (Å²) in [5, 5.41) is 0. The lowest BCUT2D eigenvalue weighted by molar-refractivity contribution is -0.348. The first kappa shape index (κ1) is 20.7. The fourth-order valence-electron chi connectivity index (χ4n) is 2.65. The second-order valence-corrected chi connectivity index (χ2v) is 6.51. The largest absolute Gasteiger partial charge is 0.435 e. The van der Waals surface area contributed by atoms with Gasteiger partial charge in [0.25, 0.3) is 0 Å². The minimum atomic E-state index is -6.19. The van der Waals surface area contributed by atoms with E-state index in [0.717, 1.165) is 0 Å². The van der Waals surface area contributed by atoms with Crippen molar-refractivity contribution in [1.29, 1.82) is 0 Å². The molecule has 0 atom stereocenters. The van der Waals surface area contributed by atoms with Crippen molar-refractivity contribution >= 4 is 15.9 Å². The molecule has 1 radical (unpaired) electrons. The molecular weight excluding hydrogens is 429 g/mol. The number of hydrogen-bond donors (Lipinski definition) is 0. The maximum atomic E-state index is 14.8. The van der Waals surface area contributed by atoms with Crippen LogP contribution in [0.15, 0.2) is 34.8 Å². The first-order valence-electron chi connectivity index (χ1n) is 7.48. The van der Waals surface area contributed by atoms with Crippen molar-refractivity contribution in [3.63, 3.8) is 0 Å². The number of hydrogen-bond acceptors (Lipinski definition) is 0. The van der Waals surface area contributed by atoms with E-state index in [2.05, 4.69) is 22.0 Å². The van der Waals surface area contributed by atoms with Gasteiger partial charge >= 0.3 is 18.0 Å². The van der Waals surface area contributed by atoms with Gasteiger partial charge in [-0.25, -0.2) is 4.39 Å². The van der Waals surface area contributed by atoms with E-state index in [1.165, 1.54) is 32.0 Å². The minimum absolute atomic E-state index is 0.0275. The first-order valence-corrected chi connectivity index (χ1v) is 8.27. The molecule has 141 valence electrons. The molecule has 0 aliphatic rings. The Morgan fingerprint density at radius 2 is 1.50 bits per heavy atom. The Hall–Kier alpha value is -1.57. The third kappa shape index (κ3) is 3.35. The second kappa shape index (κ2) is 6.87. The summed E-state index contributed by atoms with van der Waals surface area (Å²) in [4.78, 5) is 0. The summed E-state index contributed by atoms with van der Waals surface area (Å²) in [6.45, 7) is 3.04. The summed E-state index contributed by atoms with van der Waals surface area (Å²) in [6, 6.07) is 9.15. The minimum Gasteiger partial charge on any atom is -0.218 e. The van der Waals surface area contributed by atoms with E-state index in [9.17, 15) is 30.7 Å². The molecule has 2 aromatic rings. The van der Waals surface area contributed by atoms with Crippen molar-refractivity contribution in [3.8, 4) is 11.1 Å². The average molecular weight is 442 g/mol. The normalized spacial score (nSPS) is 13.2. The van der Waals surface area contributed by atoms with Crippen LogP contribution in [0.1, 0.15) is 23.6 Å². The van der Waals surface area contributed by atoms with Crippen LogP contribution in [0.4, 0.5) is 30.7 Å². The Balaban J connectivity index is 2.99. The van der Waals surface area contributed by atoms with E-state index >= 15 is 0 Å². The van der Waals surface area contributed by atoms with Gasteiger partial charge in [0, 0.05) is 21.7 Å². The van der Waals surface area contributed by atoms with Crippen molar-refractivity contribution in [1.82, 2.24) is 0 Å². The molecule has 0 aromatic heterocycles. The molecule has 0 unspecified atom stereocenters. The SMILES string of the molecule is CCc1[c]c(Br)c(-c2ccccc2C)c(C(F)(C(F)(F)F)C(F)(F)F)c1. The summed E-state index contributed by atoms with van der Waals surface area (Å²) in [5.41, 5.74) is -7.03. The highest BCUT2D eigenvalue weighted by Gasteiger charge is 2.74. The van der Waals surface area contributed by atoms with Gasteiger partial charge in [-0.1, -0.05) is 37.3 Å². The fourth-order valence-corrected chi connectivity index (χ4v) is 3.33. The average Bonchev–Trinajstić information content (AvgIpc) is 2.52. The van der Waals surface area contributed by atoms with Crippen LogP contribution in [0, 0.1) is 13.0 Å². The number of rotatable bonds is 3. The zero-order valence-electron chi connectivity index (χ0n) is 13.6. The van der Waals surface area contributed by atoms with Crippen LogP contribution in [0.5, 0.6) is 0 Å². The molecule has 26 heavy (non-hydrogen) atoms. The first-order chi connectivity index (χ1) is 11.8. The van der Waals surface area contributed by atoms with Crippen molar-refractivity contribution in [2.45, 2.75) is 38.3 Å². The summed E-state index contributed by atoms with van der Waals surface area (Å²) in [6.07, 6.45) is -12.3. The number of benzene rings is 2. The smallest absolute Gasteiger partial charge is 0.218 e. The molecule has 0 heterocycles. The van der Waals surface area contributed by atoms with Crippen LogP contribution < -0.4 is 0 Å². The van der Waals surface area contributed by atoms with E-state index in [0.29, 0.717) is 11.6 Å². The van der Waals surface area contributed by atoms with Crippen LogP contribution in [0.3, 0.4) is 0 Å². The highest BCUT2D eigenvalue weighted by atomic mass is 79.9. The van der Waals surface area contributed by atoms with Crippen LogP contribution in [-0.4, -0.2) is 12.4 Å². The van der Waals surface area contributed by atoms with E-state index in [1.807, 2.05) is 0 Å². The number of alkyl halides is 7. The predicted molar refractivity (Wildman–Crippen MR) is 87.4 cm³/mol. The van der Waals surface area contributed by atoms with Crippen molar-refractivity contribution in [2.24, 2.45) is 0 Å². The molecule has 2 rings (SSSR count). The second-order valence-electron chi connectivity index (χ2n) is 5.72. The molecule has 0 nitrogen and oxygen atoms in total. The lowest BCUT2D eigenvalue weighted by Crippen LogP contribution is -2.50. The third-order valence-electron chi connectivity index (χ3n) is 4.03. The van der Waals surface area contributed by atoms with Gasteiger partial charge in [0.15, 0.2) is 0 Å². The Kier molecular flexibility index (Phi) is 5.48. The van der Waals surface area contributed by atoms with Gasteiger partial charge < -0.3 is 0 Å². The summed E-state index contributed by atoms with van der Waals surface area (Å²) in [7, 11) is 0. The zero-order valence-corrected chi connectivity index (χ0v) is 15.2. The molecule has 0 aliphatic heterocycles. The maximum Gasteiger partial charge on any atom is 0.435 e. The zero-order chi connectivity index (χ0) is 19.9. The standard InChI is InChI=1S/C18H13BrF7/c1-3-11-8-13(16(20,17(21,22)23)18(24,25)26)15(14(19)9-11)12-7-5-4-6-10(12)2/h4-8H,3H2,1-2H3. The predicted octanol–water partition coefficient (Wildman–Crippen LogP) is 7.08. The van der Waals surface area contributed by atoms with Crippen LogP contribution in [-0.2, 0) is 12.1 Å². The Morgan fingerprint density at radius 1 is 0.962 bits per heavy atom. The summed E-state index contributed by atoms with van der Waals surface area (Å²) in [5.74, 6) is 0. The third-order valence-corrected chi connectivity index (χ3v) is 4.62.